The number of benzene rings is 3. The van der Waals surface area contributed by atoms with Crippen molar-refractivity contribution in [3.8, 4) is 5.69 Å². The van der Waals surface area contributed by atoms with Crippen molar-refractivity contribution in [3.63, 3.8) is 0 Å². The van der Waals surface area contributed by atoms with Crippen LogP contribution in [-0.4, -0.2) is 26.8 Å². The van der Waals surface area contributed by atoms with Crippen LogP contribution in [0.15, 0.2) is 96.2 Å². The molecule has 7 heteroatoms. The molecule has 4 rings (SSSR count). The minimum absolute atomic E-state index is 0.172. The normalized spacial score (nSPS) is 10.7. The second-order valence-corrected chi connectivity index (χ2v) is 8.40. The average molecular weight is 459 g/mol. The van der Waals surface area contributed by atoms with Crippen molar-refractivity contribution in [2.45, 2.75) is 23.7 Å². The Morgan fingerprint density at radius 2 is 1.76 bits per heavy atom. The highest BCUT2D eigenvalue weighted by atomic mass is 32.2. The molecule has 0 atom stereocenters. The van der Waals surface area contributed by atoms with E-state index < -0.39 is 5.97 Å². The molecule has 33 heavy (non-hydrogen) atoms. The van der Waals surface area contributed by atoms with Gasteiger partial charge in [-0.05, 0) is 53.1 Å². The van der Waals surface area contributed by atoms with Crippen LogP contribution >= 0.6 is 11.8 Å². The first-order valence-electron chi connectivity index (χ1n) is 10.4. The maximum Gasteiger partial charge on any atom is 0.335 e. The fourth-order valence-corrected chi connectivity index (χ4v) is 4.29. The number of carbonyl (C=O) groups excluding carboxylic acids is 1. The van der Waals surface area contributed by atoms with E-state index >= 15 is 0 Å². The van der Waals surface area contributed by atoms with E-state index in [1.54, 1.807) is 23.0 Å². The fourth-order valence-electron chi connectivity index (χ4n) is 3.31. The molecule has 0 aliphatic carbocycles. The molecule has 1 aromatic heterocycles. The Hall–Kier alpha value is -3.84. The van der Waals surface area contributed by atoms with Crippen LogP contribution in [0.3, 0.4) is 0 Å². The maximum absolute atomic E-state index is 12.3. The van der Waals surface area contributed by atoms with Gasteiger partial charge < -0.3 is 9.84 Å². The van der Waals surface area contributed by atoms with Gasteiger partial charge in [0.15, 0.2) is 0 Å². The molecular weight excluding hydrogens is 436 g/mol. The average Bonchev–Trinajstić information content (AvgIpc) is 3.37. The van der Waals surface area contributed by atoms with Gasteiger partial charge in [0.2, 0.25) is 0 Å². The van der Waals surface area contributed by atoms with Gasteiger partial charge in [-0.25, -0.2) is 9.48 Å². The lowest BCUT2D eigenvalue weighted by Crippen LogP contribution is -2.08. The zero-order valence-electron chi connectivity index (χ0n) is 17.8. The van der Waals surface area contributed by atoms with Gasteiger partial charge in [0.05, 0.1) is 17.7 Å². The first-order valence-corrected chi connectivity index (χ1v) is 11.3. The van der Waals surface area contributed by atoms with Crippen molar-refractivity contribution in [3.05, 3.63) is 114 Å². The van der Waals surface area contributed by atoms with Crippen molar-refractivity contribution in [1.82, 2.24) is 9.78 Å². The summed E-state index contributed by atoms with van der Waals surface area (Å²) in [5.41, 5.74) is 3.77. The van der Waals surface area contributed by atoms with Gasteiger partial charge in [-0.1, -0.05) is 42.5 Å². The second kappa shape index (κ2) is 10.7. The molecule has 6 nitrogen and oxygen atoms in total. The lowest BCUT2D eigenvalue weighted by molar-refractivity contribution is -0.144. The van der Waals surface area contributed by atoms with Crippen LogP contribution < -0.4 is 0 Å². The Balaban J connectivity index is 1.30. The van der Waals surface area contributed by atoms with Gasteiger partial charge in [-0.15, -0.1) is 11.8 Å². The smallest absolute Gasteiger partial charge is 0.335 e. The molecule has 0 radical (unpaired) electrons. The summed E-state index contributed by atoms with van der Waals surface area (Å²) in [4.78, 5) is 24.7. The number of thioether (sulfide) groups is 1. The largest absolute Gasteiger partial charge is 0.478 e. The van der Waals surface area contributed by atoms with E-state index in [1.807, 2.05) is 72.9 Å². The summed E-state index contributed by atoms with van der Waals surface area (Å²) in [6, 6.07) is 24.2. The number of ether oxygens (including phenoxy) is 1. The number of nitrogens with zero attached hydrogens (tertiary/aromatic N) is 2. The Morgan fingerprint density at radius 3 is 2.52 bits per heavy atom. The highest BCUT2D eigenvalue weighted by molar-refractivity contribution is 7.98. The first-order chi connectivity index (χ1) is 16.1. The van der Waals surface area contributed by atoms with Crippen LogP contribution in [0.5, 0.6) is 0 Å². The monoisotopic (exact) mass is 458 g/mol. The number of hydrogen-bond donors (Lipinski definition) is 1. The lowest BCUT2D eigenvalue weighted by Gasteiger charge is -2.09. The van der Waals surface area contributed by atoms with Crippen molar-refractivity contribution < 1.29 is 19.4 Å². The number of aromatic nitrogens is 2. The number of esters is 1. The standard InChI is InChI=1S/C26H22N2O4S/c29-25(32-17-19-9-11-22(12-10-19)28-14-4-13-27-28)16-20-5-3-7-23(15-20)33-18-21-6-1-2-8-24(21)26(30)31/h1-15H,16-18H2,(H,30,31). The zero-order valence-corrected chi connectivity index (χ0v) is 18.6. The number of carbonyl (C=O) groups is 2. The number of carboxylic acid groups (broad SMARTS) is 1. The quantitative estimate of drug-likeness (QED) is 0.276. The highest BCUT2D eigenvalue weighted by Gasteiger charge is 2.10. The molecule has 0 amide bonds. The van der Waals surface area contributed by atoms with Gasteiger partial charge in [-0.2, -0.15) is 5.10 Å². The molecule has 0 fully saturated rings. The number of rotatable bonds is 9. The van der Waals surface area contributed by atoms with E-state index in [2.05, 4.69) is 5.10 Å². The molecule has 0 aliphatic rings. The summed E-state index contributed by atoms with van der Waals surface area (Å²) in [6.07, 6.45) is 3.76. The molecule has 1 N–H and O–H groups in total. The molecule has 166 valence electrons. The molecule has 1 heterocycles. The van der Waals surface area contributed by atoms with Crippen molar-refractivity contribution in [2.24, 2.45) is 0 Å². The topological polar surface area (TPSA) is 81.4 Å². The molecule has 0 unspecified atom stereocenters. The molecule has 0 spiro atoms. The maximum atomic E-state index is 12.3. The number of hydrogen-bond acceptors (Lipinski definition) is 5. The van der Waals surface area contributed by atoms with Crippen molar-refractivity contribution in [2.75, 3.05) is 0 Å². The summed E-state index contributed by atoms with van der Waals surface area (Å²) in [5.74, 6) is -0.700. The molecule has 0 saturated carbocycles. The predicted octanol–water partition coefficient (Wildman–Crippen LogP) is 5.15. The molecule has 3 aromatic carbocycles. The second-order valence-electron chi connectivity index (χ2n) is 7.35. The summed E-state index contributed by atoms with van der Waals surface area (Å²) < 4.78 is 7.21. The summed E-state index contributed by atoms with van der Waals surface area (Å²) in [5, 5.41) is 13.5. The number of aromatic carboxylic acids is 1. The van der Waals surface area contributed by atoms with Gasteiger partial charge >= 0.3 is 11.9 Å². The van der Waals surface area contributed by atoms with E-state index in [1.165, 1.54) is 11.8 Å². The lowest BCUT2D eigenvalue weighted by atomic mass is 10.1. The van der Waals surface area contributed by atoms with E-state index in [0.717, 1.165) is 27.3 Å². The van der Waals surface area contributed by atoms with Crippen LogP contribution in [0, 0.1) is 0 Å². The Labute approximate surface area is 195 Å². The number of carboxylic acids is 1. The van der Waals surface area contributed by atoms with Crippen LogP contribution in [0.25, 0.3) is 5.69 Å². The summed E-state index contributed by atoms with van der Waals surface area (Å²) >= 11 is 1.53. The Bertz CT molecular complexity index is 1240. The van der Waals surface area contributed by atoms with E-state index in [4.69, 9.17) is 4.74 Å². The first kappa shape index (κ1) is 22.4. The van der Waals surface area contributed by atoms with Crippen molar-refractivity contribution in [1.29, 1.82) is 0 Å². The fraction of sp³-hybridized carbons (Fsp3) is 0.115. The van der Waals surface area contributed by atoms with Crippen LogP contribution in [0.4, 0.5) is 0 Å². The third-order valence-corrected chi connectivity index (χ3v) is 6.04. The molecule has 0 bridgehead atoms. The van der Waals surface area contributed by atoms with Gasteiger partial charge in [0.25, 0.3) is 0 Å². The highest BCUT2D eigenvalue weighted by Crippen LogP contribution is 2.25. The third kappa shape index (κ3) is 6.11. The minimum atomic E-state index is -0.932. The molecular formula is C26H22N2O4S. The van der Waals surface area contributed by atoms with Gasteiger partial charge in [0, 0.05) is 23.0 Å². The zero-order chi connectivity index (χ0) is 23.0. The summed E-state index contributed by atoms with van der Waals surface area (Å²) in [7, 11) is 0. The predicted molar refractivity (Wildman–Crippen MR) is 126 cm³/mol. The van der Waals surface area contributed by atoms with Crippen LogP contribution in [0.2, 0.25) is 0 Å². The van der Waals surface area contributed by atoms with Crippen LogP contribution in [-0.2, 0) is 28.3 Å². The van der Waals surface area contributed by atoms with Gasteiger partial charge in [0.1, 0.15) is 6.61 Å². The van der Waals surface area contributed by atoms with E-state index in [-0.39, 0.29) is 19.0 Å². The molecule has 4 aromatic rings. The molecule has 0 saturated heterocycles. The minimum Gasteiger partial charge on any atom is -0.478 e. The van der Waals surface area contributed by atoms with E-state index in [9.17, 15) is 14.7 Å². The van der Waals surface area contributed by atoms with Crippen molar-refractivity contribution >= 4 is 23.7 Å². The molecule has 0 aliphatic heterocycles. The van der Waals surface area contributed by atoms with Gasteiger partial charge in [-0.3, -0.25) is 4.79 Å². The third-order valence-electron chi connectivity index (χ3n) is 4.99. The SMILES string of the molecule is O=C(Cc1cccc(SCc2ccccc2C(=O)O)c1)OCc1ccc(-n2cccn2)cc1. The van der Waals surface area contributed by atoms with Crippen LogP contribution in [0.1, 0.15) is 27.0 Å². The summed E-state index contributed by atoms with van der Waals surface area (Å²) in [6.45, 7) is 0.207. The Kier molecular flexibility index (Phi) is 7.22. The Morgan fingerprint density at radius 1 is 0.939 bits per heavy atom. The van der Waals surface area contributed by atoms with E-state index in [0.29, 0.717) is 11.3 Å².